The Morgan fingerprint density at radius 1 is 1.56 bits per heavy atom. The van der Waals surface area contributed by atoms with E-state index >= 15 is 0 Å². The molecule has 0 fully saturated rings. The summed E-state index contributed by atoms with van der Waals surface area (Å²) >= 11 is 0. The van der Waals surface area contributed by atoms with Crippen LogP contribution in [0.25, 0.3) is 0 Å². The largest absolute Gasteiger partial charge is 0.461 e. The van der Waals surface area contributed by atoms with Gasteiger partial charge >= 0.3 is 5.97 Å². The summed E-state index contributed by atoms with van der Waals surface area (Å²) in [6.07, 6.45) is -2.84. The first-order chi connectivity index (χ1) is 7.47. The van der Waals surface area contributed by atoms with Crippen molar-refractivity contribution < 1.29 is 18.3 Å². The quantitative estimate of drug-likeness (QED) is 0.807. The molecular weight excluding hydrogens is 220 g/mol. The van der Waals surface area contributed by atoms with Gasteiger partial charge in [0, 0.05) is 6.07 Å². The third-order valence-electron chi connectivity index (χ3n) is 1.99. The number of rotatable bonds is 3. The molecule has 1 aromatic rings. The molecule has 0 aliphatic heterocycles. The van der Waals surface area contributed by atoms with Crippen molar-refractivity contribution in [3.8, 4) is 0 Å². The van der Waals surface area contributed by atoms with E-state index in [0.717, 1.165) is 6.07 Å². The molecule has 88 valence electrons. The Morgan fingerprint density at radius 3 is 2.69 bits per heavy atom. The van der Waals surface area contributed by atoms with Crippen LogP contribution >= 0.6 is 0 Å². The van der Waals surface area contributed by atoms with Gasteiger partial charge in [-0.15, -0.1) is 0 Å². The van der Waals surface area contributed by atoms with E-state index in [1.54, 1.807) is 6.92 Å². The lowest BCUT2D eigenvalue weighted by Crippen LogP contribution is -2.19. The summed E-state index contributed by atoms with van der Waals surface area (Å²) in [4.78, 5) is 24.5. The molecule has 0 radical (unpaired) electrons. The number of carbonyl (C=O) groups is 1. The number of carbonyl (C=O) groups excluding carboxylic acids is 1. The second-order valence-corrected chi connectivity index (χ2v) is 3.13. The van der Waals surface area contributed by atoms with Crippen LogP contribution in [-0.4, -0.2) is 17.6 Å². The molecule has 1 rings (SSSR count). The van der Waals surface area contributed by atoms with Gasteiger partial charge in [0.25, 0.3) is 6.43 Å². The van der Waals surface area contributed by atoms with Gasteiger partial charge in [-0.2, -0.15) is 0 Å². The minimum absolute atomic E-state index is 0.0531. The molecule has 0 aliphatic rings. The summed E-state index contributed by atoms with van der Waals surface area (Å²) in [5.74, 6) is -0.946. The maximum Gasteiger partial charge on any atom is 0.355 e. The number of hydrogen-bond acceptors (Lipinski definition) is 3. The van der Waals surface area contributed by atoms with Gasteiger partial charge in [-0.3, -0.25) is 4.79 Å². The highest BCUT2D eigenvalue weighted by atomic mass is 19.3. The number of ether oxygens (including phenoxy) is 1. The number of alkyl halides is 2. The molecule has 0 unspecified atom stereocenters. The molecule has 0 saturated heterocycles. The molecule has 0 atom stereocenters. The predicted octanol–water partition coefficient (Wildman–Crippen LogP) is 1.80. The smallest absolute Gasteiger partial charge is 0.355 e. The molecule has 1 aromatic heterocycles. The lowest BCUT2D eigenvalue weighted by molar-refractivity contribution is 0.0507. The number of hydrogen-bond donors (Lipinski definition) is 1. The molecule has 1 heterocycles. The van der Waals surface area contributed by atoms with Crippen molar-refractivity contribution in [1.82, 2.24) is 4.98 Å². The van der Waals surface area contributed by atoms with Crippen LogP contribution in [0.2, 0.25) is 0 Å². The summed E-state index contributed by atoms with van der Waals surface area (Å²) in [6, 6.07) is 1.02. The van der Waals surface area contributed by atoms with Crippen molar-refractivity contribution >= 4 is 5.97 Å². The van der Waals surface area contributed by atoms with Crippen molar-refractivity contribution in [1.29, 1.82) is 0 Å². The SMILES string of the molecule is CCOC(=O)c1[nH]c(=O)cc(C)c1C(F)F. The first-order valence-electron chi connectivity index (χ1n) is 4.66. The Hall–Kier alpha value is -1.72. The zero-order valence-corrected chi connectivity index (χ0v) is 8.84. The van der Waals surface area contributed by atoms with E-state index in [-0.39, 0.29) is 12.2 Å². The van der Waals surface area contributed by atoms with Crippen molar-refractivity contribution in [3.05, 3.63) is 33.2 Å². The van der Waals surface area contributed by atoms with Crippen LogP contribution in [0.3, 0.4) is 0 Å². The van der Waals surface area contributed by atoms with Gasteiger partial charge in [0.1, 0.15) is 5.69 Å². The van der Waals surface area contributed by atoms with Crippen molar-refractivity contribution in [2.75, 3.05) is 6.61 Å². The summed E-state index contributed by atoms with van der Waals surface area (Å²) in [5.41, 5.74) is -1.49. The summed E-state index contributed by atoms with van der Waals surface area (Å²) in [6.45, 7) is 2.95. The zero-order valence-electron chi connectivity index (χ0n) is 8.84. The van der Waals surface area contributed by atoms with E-state index in [1.165, 1.54) is 6.92 Å². The maximum absolute atomic E-state index is 12.7. The number of nitrogens with one attached hydrogen (secondary N) is 1. The van der Waals surface area contributed by atoms with Crippen LogP contribution in [0, 0.1) is 6.92 Å². The third-order valence-corrected chi connectivity index (χ3v) is 1.99. The number of H-pyrrole nitrogens is 1. The number of halogens is 2. The zero-order chi connectivity index (χ0) is 12.3. The molecule has 0 bridgehead atoms. The van der Waals surface area contributed by atoms with Gasteiger partial charge in [-0.25, -0.2) is 13.6 Å². The molecule has 6 heteroatoms. The molecule has 0 saturated carbocycles. The van der Waals surface area contributed by atoms with Crippen LogP contribution < -0.4 is 5.56 Å². The van der Waals surface area contributed by atoms with Gasteiger partial charge in [-0.1, -0.05) is 0 Å². The second-order valence-electron chi connectivity index (χ2n) is 3.13. The average molecular weight is 231 g/mol. The van der Waals surface area contributed by atoms with E-state index in [0.29, 0.717) is 0 Å². The average Bonchev–Trinajstić information content (AvgIpc) is 2.15. The molecule has 0 aliphatic carbocycles. The van der Waals surface area contributed by atoms with Gasteiger partial charge in [0.15, 0.2) is 0 Å². The lowest BCUT2D eigenvalue weighted by atomic mass is 10.1. The molecular formula is C10H11F2NO3. The Bertz CT molecular complexity index is 454. The second kappa shape index (κ2) is 4.87. The summed E-state index contributed by atoms with van der Waals surface area (Å²) in [7, 11) is 0. The van der Waals surface area contributed by atoms with E-state index < -0.39 is 29.2 Å². The van der Waals surface area contributed by atoms with Gasteiger partial charge in [0.2, 0.25) is 5.56 Å². The molecule has 16 heavy (non-hydrogen) atoms. The minimum Gasteiger partial charge on any atom is -0.461 e. The highest BCUT2D eigenvalue weighted by Crippen LogP contribution is 2.24. The molecule has 0 amide bonds. The van der Waals surface area contributed by atoms with E-state index in [1.807, 2.05) is 0 Å². The fourth-order valence-electron chi connectivity index (χ4n) is 1.34. The number of aryl methyl sites for hydroxylation is 1. The molecule has 1 N–H and O–H groups in total. The Kier molecular flexibility index (Phi) is 3.76. The van der Waals surface area contributed by atoms with Gasteiger partial charge < -0.3 is 9.72 Å². The molecule has 0 aromatic carbocycles. The number of aromatic nitrogens is 1. The fourth-order valence-corrected chi connectivity index (χ4v) is 1.34. The van der Waals surface area contributed by atoms with Crippen LogP contribution in [0.15, 0.2) is 10.9 Å². The van der Waals surface area contributed by atoms with Crippen molar-refractivity contribution in [2.45, 2.75) is 20.3 Å². The summed E-state index contributed by atoms with van der Waals surface area (Å²) in [5, 5.41) is 0. The fraction of sp³-hybridized carbons (Fsp3) is 0.400. The maximum atomic E-state index is 12.7. The van der Waals surface area contributed by atoms with Gasteiger partial charge in [0.05, 0.1) is 12.2 Å². The van der Waals surface area contributed by atoms with Crippen molar-refractivity contribution in [3.63, 3.8) is 0 Å². The monoisotopic (exact) mass is 231 g/mol. The minimum atomic E-state index is -2.84. The van der Waals surface area contributed by atoms with Crippen LogP contribution in [0.4, 0.5) is 8.78 Å². The normalized spacial score (nSPS) is 10.6. The Balaban J connectivity index is 3.35. The Labute approximate surface area is 90.2 Å². The first-order valence-corrected chi connectivity index (χ1v) is 4.66. The summed E-state index contributed by atoms with van der Waals surface area (Å²) < 4.78 is 30.0. The number of aromatic amines is 1. The molecule has 4 nitrogen and oxygen atoms in total. The Morgan fingerprint density at radius 2 is 2.19 bits per heavy atom. The van der Waals surface area contributed by atoms with E-state index in [2.05, 4.69) is 9.72 Å². The number of pyridine rings is 1. The highest BCUT2D eigenvalue weighted by Gasteiger charge is 2.22. The van der Waals surface area contributed by atoms with Crippen LogP contribution in [0.1, 0.15) is 35.0 Å². The van der Waals surface area contributed by atoms with E-state index in [4.69, 9.17) is 0 Å². The third kappa shape index (κ3) is 2.44. The van der Waals surface area contributed by atoms with Gasteiger partial charge in [-0.05, 0) is 19.4 Å². The highest BCUT2D eigenvalue weighted by molar-refractivity contribution is 5.89. The first kappa shape index (κ1) is 12.4. The van der Waals surface area contributed by atoms with E-state index in [9.17, 15) is 18.4 Å². The lowest BCUT2D eigenvalue weighted by Gasteiger charge is -2.10. The number of esters is 1. The molecule has 0 spiro atoms. The standard InChI is InChI=1S/C10H11F2NO3/c1-3-16-10(15)8-7(9(11)12)5(2)4-6(14)13-8/h4,9H,3H2,1-2H3,(H,13,14). The van der Waals surface area contributed by atoms with Crippen molar-refractivity contribution in [2.24, 2.45) is 0 Å². The van der Waals surface area contributed by atoms with Crippen LogP contribution in [0.5, 0.6) is 0 Å². The van der Waals surface area contributed by atoms with Crippen LogP contribution in [-0.2, 0) is 4.74 Å². The topological polar surface area (TPSA) is 59.2 Å². The predicted molar refractivity (Wildman–Crippen MR) is 52.7 cm³/mol.